The van der Waals surface area contributed by atoms with Gasteiger partial charge < -0.3 is 19.6 Å². The largest absolute Gasteiger partial charge is 0.493 e. The molecule has 208 valence electrons. The number of carbonyl (C=O) groups excluding carboxylic acids is 1. The molecule has 0 spiro atoms. The number of fused-ring (bicyclic) bond motifs is 1. The summed E-state index contributed by atoms with van der Waals surface area (Å²) in [4.78, 5) is 32.6. The van der Waals surface area contributed by atoms with Crippen LogP contribution < -0.4 is 4.74 Å². The van der Waals surface area contributed by atoms with Crippen LogP contribution in [-0.4, -0.2) is 101 Å². The van der Waals surface area contributed by atoms with E-state index in [-0.39, 0.29) is 24.4 Å². The van der Waals surface area contributed by atoms with Crippen LogP contribution in [0.1, 0.15) is 49.7 Å². The molecule has 2 aliphatic heterocycles. The quantitative estimate of drug-likeness (QED) is 0.406. The van der Waals surface area contributed by atoms with E-state index in [1.54, 1.807) is 6.20 Å². The lowest BCUT2D eigenvalue weighted by Gasteiger charge is -2.30. The molecule has 2 aliphatic rings. The minimum Gasteiger partial charge on any atom is -0.493 e. The van der Waals surface area contributed by atoms with Crippen molar-refractivity contribution in [2.24, 2.45) is 5.92 Å². The highest BCUT2D eigenvalue weighted by Crippen LogP contribution is 2.41. The van der Waals surface area contributed by atoms with Gasteiger partial charge in [0, 0.05) is 57.0 Å². The first-order valence-corrected chi connectivity index (χ1v) is 14.0. The van der Waals surface area contributed by atoms with Crippen molar-refractivity contribution in [3.8, 4) is 5.75 Å². The first kappa shape index (κ1) is 28.1. The van der Waals surface area contributed by atoms with Crippen LogP contribution in [0.5, 0.6) is 5.75 Å². The zero-order valence-corrected chi connectivity index (χ0v) is 23.1. The van der Waals surface area contributed by atoms with Crippen molar-refractivity contribution in [1.82, 2.24) is 24.5 Å². The van der Waals surface area contributed by atoms with Crippen LogP contribution in [0.4, 0.5) is 0 Å². The molecule has 1 amide bonds. The van der Waals surface area contributed by atoms with Crippen LogP contribution in [0.25, 0.3) is 0 Å². The third-order valence-corrected chi connectivity index (χ3v) is 7.89. The highest BCUT2D eigenvalue weighted by atomic mass is 16.5. The van der Waals surface area contributed by atoms with Gasteiger partial charge >= 0.3 is 5.97 Å². The lowest BCUT2D eigenvalue weighted by Crippen LogP contribution is -2.45. The zero-order valence-electron chi connectivity index (χ0n) is 23.1. The number of ether oxygens (including phenoxy) is 1. The Labute approximate surface area is 226 Å². The predicted molar refractivity (Wildman–Crippen MR) is 146 cm³/mol. The molecule has 9 heteroatoms. The van der Waals surface area contributed by atoms with E-state index in [4.69, 9.17) is 4.74 Å². The lowest BCUT2D eigenvalue weighted by molar-refractivity contribution is -0.144. The average molecular weight is 526 g/mol. The number of carboxylic acids is 1. The second-order valence-corrected chi connectivity index (χ2v) is 10.9. The molecule has 0 aliphatic carbocycles. The number of nitrogens with zero attached hydrogens (tertiary/aromatic N) is 5. The molecule has 1 aromatic heterocycles. The summed E-state index contributed by atoms with van der Waals surface area (Å²) >= 11 is 0. The van der Waals surface area contributed by atoms with Gasteiger partial charge in [-0.15, -0.1) is 0 Å². The van der Waals surface area contributed by atoms with Gasteiger partial charge in [-0.1, -0.05) is 25.5 Å². The molecule has 0 saturated carbocycles. The normalized spacial score (nSPS) is 21.0. The van der Waals surface area contributed by atoms with E-state index in [0.717, 1.165) is 62.2 Å². The molecule has 3 atom stereocenters. The van der Waals surface area contributed by atoms with Crippen molar-refractivity contribution in [3.63, 3.8) is 0 Å². The number of carboxylic acid groups (broad SMARTS) is 1. The van der Waals surface area contributed by atoms with Crippen LogP contribution in [0.15, 0.2) is 36.7 Å². The summed E-state index contributed by atoms with van der Waals surface area (Å²) in [6, 6.07) is 7.72. The first-order chi connectivity index (χ1) is 18.4. The molecule has 1 saturated heterocycles. The van der Waals surface area contributed by atoms with E-state index in [9.17, 15) is 14.7 Å². The molecule has 4 rings (SSSR count). The van der Waals surface area contributed by atoms with E-state index < -0.39 is 11.9 Å². The van der Waals surface area contributed by atoms with E-state index in [2.05, 4.69) is 27.9 Å². The molecule has 3 heterocycles. The number of rotatable bonds is 14. The molecule has 38 heavy (non-hydrogen) atoms. The SMILES string of the molecule is CCCCN(CCCN(C)C)C(=O)CN1C[C@H](c2ccc3c(c2)CCO3)[C@@H](C(=O)O)[C@@H]1CCn1cccn1. The number of aliphatic carboxylic acids is 1. The fourth-order valence-corrected chi connectivity index (χ4v) is 5.89. The van der Waals surface area contributed by atoms with E-state index in [1.165, 1.54) is 0 Å². The van der Waals surface area contributed by atoms with Crippen molar-refractivity contribution >= 4 is 11.9 Å². The average Bonchev–Trinajstić information content (AvgIpc) is 3.64. The maximum absolute atomic E-state index is 13.6. The van der Waals surface area contributed by atoms with Crippen LogP contribution in [-0.2, 0) is 22.6 Å². The van der Waals surface area contributed by atoms with Crippen LogP contribution in [0.2, 0.25) is 0 Å². The van der Waals surface area contributed by atoms with Gasteiger partial charge in [-0.25, -0.2) is 0 Å². The number of carbonyl (C=O) groups is 2. The van der Waals surface area contributed by atoms with Crippen molar-refractivity contribution < 1.29 is 19.4 Å². The Balaban J connectivity index is 1.55. The van der Waals surface area contributed by atoms with Crippen molar-refractivity contribution in [2.75, 3.05) is 53.4 Å². The number of aryl methyl sites for hydroxylation is 1. The Morgan fingerprint density at radius 2 is 2.00 bits per heavy atom. The first-order valence-electron chi connectivity index (χ1n) is 14.0. The Bertz CT molecular complexity index is 1060. The lowest BCUT2D eigenvalue weighted by atomic mass is 9.83. The second-order valence-electron chi connectivity index (χ2n) is 10.9. The maximum Gasteiger partial charge on any atom is 0.308 e. The van der Waals surface area contributed by atoms with Crippen molar-refractivity contribution in [1.29, 1.82) is 0 Å². The molecular formula is C29H43N5O4. The number of hydrogen-bond acceptors (Lipinski definition) is 6. The highest BCUT2D eigenvalue weighted by molar-refractivity contribution is 5.79. The van der Waals surface area contributed by atoms with Crippen LogP contribution in [0, 0.1) is 5.92 Å². The van der Waals surface area contributed by atoms with Gasteiger partial charge in [0.2, 0.25) is 5.91 Å². The molecule has 1 fully saturated rings. The summed E-state index contributed by atoms with van der Waals surface area (Å²) in [5.41, 5.74) is 2.16. The monoisotopic (exact) mass is 525 g/mol. The summed E-state index contributed by atoms with van der Waals surface area (Å²) < 4.78 is 7.52. The van der Waals surface area contributed by atoms with Crippen LogP contribution >= 0.6 is 0 Å². The molecule has 2 aromatic rings. The number of amides is 1. The Kier molecular flexibility index (Phi) is 9.80. The number of aromatic nitrogens is 2. The van der Waals surface area contributed by atoms with E-state index in [0.29, 0.717) is 26.1 Å². The number of unbranched alkanes of at least 4 members (excludes halogenated alkanes) is 1. The standard InChI is InChI=1S/C29H43N5O4/c1-4-5-14-32(15-7-13-31(2)3)27(35)21-33-20-24(22-8-9-26-23(19-22)11-18-38-26)28(29(36)37)25(33)10-17-34-16-6-12-30-34/h6,8-9,12,16,19,24-25,28H,4-5,7,10-11,13-15,17-18,20-21H2,1-3H3,(H,36,37)/t24-,25+,28-/m1/s1. The third kappa shape index (κ3) is 6.94. The second kappa shape index (κ2) is 13.2. The molecule has 0 bridgehead atoms. The highest BCUT2D eigenvalue weighted by Gasteiger charge is 2.47. The summed E-state index contributed by atoms with van der Waals surface area (Å²) in [5.74, 6) is -0.608. The molecule has 1 N–H and O–H groups in total. The summed E-state index contributed by atoms with van der Waals surface area (Å²) in [6.45, 7) is 6.59. The molecule has 9 nitrogen and oxygen atoms in total. The third-order valence-electron chi connectivity index (χ3n) is 7.89. The van der Waals surface area contributed by atoms with Crippen molar-refractivity contribution in [2.45, 2.75) is 57.5 Å². The summed E-state index contributed by atoms with van der Waals surface area (Å²) in [5, 5.41) is 14.8. The zero-order chi connectivity index (χ0) is 27.1. The maximum atomic E-state index is 13.6. The van der Waals surface area contributed by atoms with Gasteiger partial charge in [-0.3, -0.25) is 19.2 Å². The van der Waals surface area contributed by atoms with Gasteiger partial charge in [0.25, 0.3) is 0 Å². The Morgan fingerprint density at radius 1 is 1.18 bits per heavy atom. The predicted octanol–water partition coefficient (Wildman–Crippen LogP) is 2.96. The van der Waals surface area contributed by atoms with Gasteiger partial charge in [0.05, 0.1) is 19.1 Å². The molecule has 0 unspecified atom stereocenters. The number of likely N-dealkylation sites (tertiary alicyclic amines) is 1. The van der Waals surface area contributed by atoms with Crippen LogP contribution in [0.3, 0.4) is 0 Å². The molecule has 0 radical (unpaired) electrons. The van der Waals surface area contributed by atoms with Gasteiger partial charge in [-0.2, -0.15) is 5.10 Å². The van der Waals surface area contributed by atoms with E-state index in [1.807, 2.05) is 48.1 Å². The van der Waals surface area contributed by atoms with Crippen molar-refractivity contribution in [3.05, 3.63) is 47.8 Å². The number of benzene rings is 1. The summed E-state index contributed by atoms with van der Waals surface area (Å²) in [7, 11) is 4.09. The Hall–Kier alpha value is -2.91. The Morgan fingerprint density at radius 3 is 2.71 bits per heavy atom. The topological polar surface area (TPSA) is 91.1 Å². The molecular weight excluding hydrogens is 482 g/mol. The number of hydrogen-bond donors (Lipinski definition) is 1. The fourth-order valence-electron chi connectivity index (χ4n) is 5.89. The minimum atomic E-state index is -0.805. The smallest absolute Gasteiger partial charge is 0.308 e. The van der Waals surface area contributed by atoms with Gasteiger partial charge in [0.15, 0.2) is 0 Å². The van der Waals surface area contributed by atoms with Gasteiger partial charge in [-0.05, 0) is 63.2 Å². The molecule has 1 aromatic carbocycles. The summed E-state index contributed by atoms with van der Waals surface area (Å²) in [6.07, 6.45) is 8.01. The minimum absolute atomic E-state index is 0.0911. The van der Waals surface area contributed by atoms with E-state index >= 15 is 0 Å². The fraction of sp³-hybridized carbons (Fsp3) is 0.621. The van der Waals surface area contributed by atoms with Gasteiger partial charge in [0.1, 0.15) is 5.75 Å².